The summed E-state index contributed by atoms with van der Waals surface area (Å²) in [5, 5.41) is 9.60. The molecule has 0 aliphatic heterocycles. The van der Waals surface area contributed by atoms with Gasteiger partial charge < -0.3 is 10.1 Å². The summed E-state index contributed by atoms with van der Waals surface area (Å²) in [6, 6.07) is 7.76. The number of aryl methyl sites for hydroxylation is 1. The van der Waals surface area contributed by atoms with Crippen LogP contribution in [0, 0.1) is 6.92 Å². The summed E-state index contributed by atoms with van der Waals surface area (Å²) in [4.78, 5) is 42.5. The van der Waals surface area contributed by atoms with E-state index < -0.39 is 17.9 Å². The summed E-state index contributed by atoms with van der Waals surface area (Å²) < 4.78 is 6.31. The van der Waals surface area contributed by atoms with Gasteiger partial charge in [-0.3, -0.25) is 9.59 Å². The van der Waals surface area contributed by atoms with Gasteiger partial charge in [-0.1, -0.05) is 23.2 Å². The highest BCUT2D eigenvalue weighted by Gasteiger charge is 2.26. The van der Waals surface area contributed by atoms with Gasteiger partial charge in [-0.15, -0.1) is 0 Å². The molecule has 10 nitrogen and oxygen atoms in total. The van der Waals surface area contributed by atoms with E-state index in [-0.39, 0.29) is 32.8 Å². The fraction of sp³-hybridized carbons (Fsp3) is 0.190. The number of amides is 3. The Balaban J connectivity index is 2.02. The molecule has 0 aliphatic carbocycles. The molecule has 0 saturated heterocycles. The predicted molar refractivity (Wildman–Crippen MR) is 130 cm³/mol. The molecule has 0 atom stereocenters. The molecule has 3 aromatic rings. The number of halogens is 3. The summed E-state index contributed by atoms with van der Waals surface area (Å²) in [7, 11) is 3.95. The number of aromatic nitrogens is 3. The Morgan fingerprint density at radius 3 is 2.50 bits per heavy atom. The molecule has 34 heavy (non-hydrogen) atoms. The van der Waals surface area contributed by atoms with E-state index in [0.29, 0.717) is 10.2 Å². The van der Waals surface area contributed by atoms with Gasteiger partial charge in [0.05, 0.1) is 23.4 Å². The first-order valence-corrected chi connectivity index (χ1v) is 11.2. The van der Waals surface area contributed by atoms with Crippen molar-refractivity contribution in [3.05, 3.63) is 68.0 Å². The van der Waals surface area contributed by atoms with E-state index in [4.69, 9.17) is 23.2 Å². The number of hydrogen-bond donors (Lipinski definition) is 1. The van der Waals surface area contributed by atoms with E-state index in [2.05, 4.69) is 36.1 Å². The Hall–Kier alpha value is -3.15. The predicted octanol–water partition coefficient (Wildman–Crippen LogP) is 4.58. The van der Waals surface area contributed by atoms with Crippen molar-refractivity contribution in [2.45, 2.75) is 6.92 Å². The monoisotopic (exact) mass is 568 g/mol. The molecule has 2 heterocycles. The maximum atomic E-state index is 13.3. The minimum Gasteiger partial charge on any atom is -0.452 e. The lowest BCUT2D eigenvalue weighted by atomic mass is 10.1. The van der Waals surface area contributed by atoms with Crippen molar-refractivity contribution < 1.29 is 19.1 Å². The second-order valence-electron chi connectivity index (χ2n) is 6.99. The number of ether oxygens (including phenoxy) is 1. The fourth-order valence-electron chi connectivity index (χ4n) is 3.03. The Morgan fingerprint density at radius 2 is 1.85 bits per heavy atom. The second-order valence-corrected chi connectivity index (χ2v) is 8.65. The van der Waals surface area contributed by atoms with Crippen LogP contribution in [0.25, 0.3) is 5.82 Å². The highest BCUT2D eigenvalue weighted by molar-refractivity contribution is 9.10. The zero-order chi connectivity index (χ0) is 25.2. The quantitative estimate of drug-likeness (QED) is 0.460. The van der Waals surface area contributed by atoms with E-state index in [9.17, 15) is 14.4 Å². The standard InChI is InChI=1S/C21H19BrCl2N6O4/c1-11-8-12(23)9-13(20(32)28(2)29(3)21(33)34-4)17(11)26-19(31)15-10-16(22)27-30(15)18-14(24)6-5-7-25-18/h5-10H,1-4H3,(H,26,31). The number of benzene rings is 1. The summed E-state index contributed by atoms with van der Waals surface area (Å²) in [5.41, 5.74) is 0.915. The molecule has 3 rings (SSSR count). The normalized spacial score (nSPS) is 10.6. The number of rotatable bonds is 4. The number of pyridine rings is 1. The zero-order valence-corrected chi connectivity index (χ0v) is 21.6. The largest absolute Gasteiger partial charge is 0.452 e. The van der Waals surface area contributed by atoms with Gasteiger partial charge in [-0.05, 0) is 52.7 Å². The number of anilines is 1. The number of carbonyl (C=O) groups excluding carboxylic acids is 3. The van der Waals surface area contributed by atoms with Crippen LogP contribution in [-0.2, 0) is 4.74 Å². The van der Waals surface area contributed by atoms with Crippen LogP contribution >= 0.6 is 39.1 Å². The van der Waals surface area contributed by atoms with Crippen molar-refractivity contribution >= 4 is 62.7 Å². The lowest BCUT2D eigenvalue weighted by Gasteiger charge is -2.28. The van der Waals surface area contributed by atoms with E-state index in [1.165, 1.54) is 44.2 Å². The SMILES string of the molecule is COC(=O)N(C)N(C)C(=O)c1cc(Cl)cc(C)c1NC(=O)c1cc(Br)nn1-c1ncccc1Cl. The number of nitrogens with zero attached hydrogens (tertiary/aromatic N) is 5. The summed E-state index contributed by atoms with van der Waals surface area (Å²) in [5.74, 6) is -0.928. The van der Waals surface area contributed by atoms with Crippen LogP contribution < -0.4 is 5.32 Å². The summed E-state index contributed by atoms with van der Waals surface area (Å²) in [6.07, 6.45) is 0.771. The summed E-state index contributed by atoms with van der Waals surface area (Å²) in [6.45, 7) is 1.69. The minimum absolute atomic E-state index is 0.0672. The van der Waals surface area contributed by atoms with Gasteiger partial charge in [0.25, 0.3) is 11.8 Å². The summed E-state index contributed by atoms with van der Waals surface area (Å²) >= 11 is 15.7. The van der Waals surface area contributed by atoms with E-state index in [1.54, 1.807) is 25.1 Å². The van der Waals surface area contributed by atoms with Crippen molar-refractivity contribution in [2.24, 2.45) is 0 Å². The fourth-order valence-corrected chi connectivity index (χ4v) is 3.88. The van der Waals surface area contributed by atoms with Gasteiger partial charge in [-0.2, -0.15) is 5.10 Å². The van der Waals surface area contributed by atoms with Crippen molar-refractivity contribution in [1.29, 1.82) is 0 Å². The lowest BCUT2D eigenvalue weighted by Crippen LogP contribution is -2.45. The smallest absolute Gasteiger partial charge is 0.428 e. The van der Waals surface area contributed by atoms with Crippen molar-refractivity contribution in [3.63, 3.8) is 0 Å². The average Bonchev–Trinajstić information content (AvgIpc) is 3.20. The highest BCUT2D eigenvalue weighted by Crippen LogP contribution is 2.29. The molecular formula is C21H19BrCl2N6O4. The van der Waals surface area contributed by atoms with Crippen molar-refractivity contribution in [1.82, 2.24) is 24.8 Å². The minimum atomic E-state index is -0.749. The molecule has 0 fully saturated rings. The van der Waals surface area contributed by atoms with Gasteiger partial charge in [0.2, 0.25) is 0 Å². The maximum Gasteiger partial charge on any atom is 0.428 e. The van der Waals surface area contributed by atoms with Gasteiger partial charge in [0.15, 0.2) is 5.82 Å². The molecule has 0 unspecified atom stereocenters. The maximum absolute atomic E-state index is 13.3. The zero-order valence-electron chi connectivity index (χ0n) is 18.5. The van der Waals surface area contributed by atoms with Crippen LogP contribution in [0.2, 0.25) is 10.0 Å². The van der Waals surface area contributed by atoms with Gasteiger partial charge >= 0.3 is 6.09 Å². The van der Waals surface area contributed by atoms with Crippen LogP contribution in [0.4, 0.5) is 10.5 Å². The molecule has 1 aromatic carbocycles. The Bertz CT molecular complexity index is 1280. The Kier molecular flexibility index (Phi) is 7.80. The van der Waals surface area contributed by atoms with Crippen molar-refractivity contribution in [3.8, 4) is 5.82 Å². The first-order chi connectivity index (χ1) is 16.0. The van der Waals surface area contributed by atoms with Gasteiger partial charge in [0, 0.05) is 31.4 Å². The van der Waals surface area contributed by atoms with Gasteiger partial charge in [0.1, 0.15) is 10.3 Å². The number of hydrazine groups is 1. The molecule has 0 bridgehead atoms. The first-order valence-electron chi connectivity index (χ1n) is 9.62. The third kappa shape index (κ3) is 5.16. The van der Waals surface area contributed by atoms with Crippen LogP contribution in [0.5, 0.6) is 0 Å². The molecule has 0 spiro atoms. The van der Waals surface area contributed by atoms with Crippen LogP contribution in [0.1, 0.15) is 26.4 Å². The first kappa shape index (κ1) is 25.5. The molecule has 13 heteroatoms. The van der Waals surface area contributed by atoms with Crippen LogP contribution in [0.15, 0.2) is 41.1 Å². The Morgan fingerprint density at radius 1 is 1.15 bits per heavy atom. The van der Waals surface area contributed by atoms with Gasteiger partial charge in [-0.25, -0.2) is 24.5 Å². The number of nitrogens with one attached hydrogen (secondary N) is 1. The van der Waals surface area contributed by atoms with Crippen molar-refractivity contribution in [2.75, 3.05) is 26.5 Å². The number of carbonyl (C=O) groups is 3. The molecule has 0 saturated carbocycles. The molecule has 178 valence electrons. The molecule has 3 amide bonds. The third-order valence-electron chi connectivity index (χ3n) is 4.80. The highest BCUT2D eigenvalue weighted by atomic mass is 79.9. The molecule has 0 radical (unpaired) electrons. The van der Waals surface area contributed by atoms with E-state index >= 15 is 0 Å². The molecular weight excluding hydrogens is 551 g/mol. The molecule has 2 aromatic heterocycles. The van der Waals surface area contributed by atoms with E-state index in [1.807, 2.05) is 0 Å². The lowest BCUT2D eigenvalue weighted by molar-refractivity contribution is 0.0193. The van der Waals surface area contributed by atoms with E-state index in [0.717, 1.165) is 10.0 Å². The molecule has 0 aliphatic rings. The van der Waals surface area contributed by atoms with Crippen LogP contribution in [-0.4, -0.2) is 63.9 Å². The number of methoxy groups -OCH3 is 1. The third-order valence-corrected chi connectivity index (χ3v) is 5.70. The topological polar surface area (TPSA) is 110 Å². The second kappa shape index (κ2) is 10.4. The van der Waals surface area contributed by atoms with Crippen LogP contribution in [0.3, 0.4) is 0 Å². The molecule has 1 N–H and O–H groups in total. The Labute approximate surface area is 213 Å². The average molecular weight is 570 g/mol. The number of hydrogen-bond acceptors (Lipinski definition) is 6.